The van der Waals surface area contributed by atoms with Crippen LogP contribution in [0.4, 0.5) is 24.5 Å². The lowest BCUT2D eigenvalue weighted by Crippen LogP contribution is -2.55. The summed E-state index contributed by atoms with van der Waals surface area (Å²) in [6.45, 7) is 6.71. The van der Waals surface area contributed by atoms with Gasteiger partial charge in [-0.05, 0) is 111 Å². The Morgan fingerprint density at radius 3 is 2.53 bits per heavy atom. The number of aliphatic hydroxyl groups is 1. The predicted octanol–water partition coefficient (Wildman–Crippen LogP) is 7.64. The van der Waals surface area contributed by atoms with E-state index in [0.717, 1.165) is 63.5 Å². The molecule has 0 aliphatic heterocycles. The number of alkyl halides is 3. The maximum absolute atomic E-state index is 13.5. The highest BCUT2D eigenvalue weighted by molar-refractivity contribution is 5.87. The summed E-state index contributed by atoms with van der Waals surface area (Å²) < 4.78 is 42.0. The molecule has 8 atom stereocenters. The van der Waals surface area contributed by atoms with E-state index in [9.17, 15) is 23.1 Å². The minimum Gasteiger partial charge on any atom is -0.406 e. The lowest BCUT2D eigenvalue weighted by molar-refractivity contribution is -0.274. The number of hydrogen-bond acceptors (Lipinski definition) is 6. The Balaban J connectivity index is 1.28. The van der Waals surface area contributed by atoms with Gasteiger partial charge in [-0.15, -0.1) is 13.2 Å². The first kappa shape index (κ1) is 27.4. The van der Waals surface area contributed by atoms with Gasteiger partial charge in [0.15, 0.2) is 5.78 Å². The van der Waals surface area contributed by atoms with Crippen LogP contribution in [-0.2, 0) is 4.79 Å². The van der Waals surface area contributed by atoms with Crippen LogP contribution >= 0.6 is 0 Å². The molecule has 3 N–H and O–H groups in total. The molecule has 0 aromatic heterocycles. The quantitative estimate of drug-likeness (QED) is 0.326. The molecule has 5 rings (SSSR count). The van der Waals surface area contributed by atoms with Crippen LogP contribution in [0.5, 0.6) is 5.75 Å². The van der Waals surface area contributed by atoms with E-state index in [1.165, 1.54) is 12.5 Å². The Labute approximate surface area is 222 Å². The van der Waals surface area contributed by atoms with Crippen molar-refractivity contribution in [1.29, 1.82) is 5.53 Å². The van der Waals surface area contributed by atoms with E-state index >= 15 is 0 Å². The second-order valence-electron chi connectivity index (χ2n) is 13.2. The van der Waals surface area contributed by atoms with E-state index in [1.807, 2.05) is 6.92 Å². The van der Waals surface area contributed by atoms with E-state index in [-0.39, 0.29) is 40.5 Å². The van der Waals surface area contributed by atoms with E-state index in [2.05, 4.69) is 29.0 Å². The molecular formula is C29H40F3N3O3. The number of rotatable bonds is 6. The smallest absolute Gasteiger partial charge is 0.406 e. The Bertz CT molecular complexity index is 1090. The monoisotopic (exact) mass is 535 g/mol. The van der Waals surface area contributed by atoms with E-state index in [4.69, 9.17) is 5.53 Å². The van der Waals surface area contributed by atoms with Gasteiger partial charge in [0.2, 0.25) is 0 Å². The van der Waals surface area contributed by atoms with Gasteiger partial charge in [0.05, 0.1) is 17.8 Å². The van der Waals surface area contributed by atoms with E-state index in [0.29, 0.717) is 23.7 Å². The number of carbonyl (C=O) groups is 1. The normalized spacial score (nSPS) is 40.4. The lowest BCUT2D eigenvalue weighted by Gasteiger charge is -2.61. The maximum atomic E-state index is 13.5. The molecule has 6 nitrogen and oxygen atoms in total. The van der Waals surface area contributed by atoms with Crippen molar-refractivity contribution < 1.29 is 27.8 Å². The Morgan fingerprint density at radius 2 is 1.82 bits per heavy atom. The molecule has 1 aromatic rings. The van der Waals surface area contributed by atoms with Crippen LogP contribution in [0, 0.1) is 46.0 Å². The third-order valence-corrected chi connectivity index (χ3v) is 11.1. The zero-order valence-electron chi connectivity index (χ0n) is 22.5. The molecular weight excluding hydrogens is 495 g/mol. The van der Waals surface area contributed by atoms with Crippen molar-refractivity contribution in [3.63, 3.8) is 0 Å². The van der Waals surface area contributed by atoms with Gasteiger partial charge in [0.25, 0.3) is 0 Å². The molecule has 38 heavy (non-hydrogen) atoms. The number of ketones is 1. The molecule has 0 heterocycles. The molecule has 0 saturated heterocycles. The van der Waals surface area contributed by atoms with Crippen LogP contribution in [0.15, 0.2) is 23.3 Å². The SMILES string of the molecule is C[C@@]1(O)CC[C@@]2(C)[C@H](CC[C@@H]3[C@@H]2CC[C@]2(C)[C@@H](C(=O)CNc4cc(OC(F)(F)F)ccc4N=N)CC[C@@H]32)C1. The second kappa shape index (κ2) is 9.49. The first-order valence-electron chi connectivity index (χ1n) is 14.0. The molecule has 4 aliphatic rings. The molecule has 4 fully saturated rings. The van der Waals surface area contributed by atoms with Crippen LogP contribution in [0.25, 0.3) is 0 Å². The Hall–Kier alpha value is -2.16. The number of ether oxygens (including phenoxy) is 1. The third-order valence-electron chi connectivity index (χ3n) is 11.1. The number of carbonyl (C=O) groups excluding carboxylic acids is 1. The lowest BCUT2D eigenvalue weighted by atomic mass is 9.44. The van der Waals surface area contributed by atoms with Crippen LogP contribution in [0.1, 0.15) is 78.6 Å². The molecule has 9 heteroatoms. The largest absolute Gasteiger partial charge is 0.573 e. The van der Waals surface area contributed by atoms with Gasteiger partial charge in [-0.3, -0.25) is 4.79 Å². The molecule has 4 aliphatic carbocycles. The van der Waals surface area contributed by atoms with Gasteiger partial charge in [0, 0.05) is 12.0 Å². The summed E-state index contributed by atoms with van der Waals surface area (Å²) >= 11 is 0. The molecule has 0 bridgehead atoms. The van der Waals surface area contributed by atoms with Crippen molar-refractivity contribution in [2.24, 2.45) is 45.5 Å². The van der Waals surface area contributed by atoms with Crippen molar-refractivity contribution in [2.45, 2.75) is 90.5 Å². The van der Waals surface area contributed by atoms with Gasteiger partial charge >= 0.3 is 6.36 Å². The topological polar surface area (TPSA) is 94.8 Å². The number of fused-ring (bicyclic) bond motifs is 5. The Kier molecular flexibility index (Phi) is 6.84. The van der Waals surface area contributed by atoms with Gasteiger partial charge in [-0.25, -0.2) is 5.53 Å². The van der Waals surface area contributed by atoms with Crippen molar-refractivity contribution in [2.75, 3.05) is 11.9 Å². The van der Waals surface area contributed by atoms with Crippen LogP contribution < -0.4 is 10.1 Å². The zero-order chi connectivity index (χ0) is 27.5. The van der Waals surface area contributed by atoms with Crippen molar-refractivity contribution in [3.8, 4) is 5.75 Å². The summed E-state index contributed by atoms with van der Waals surface area (Å²) in [5.41, 5.74) is 7.31. The number of anilines is 1. The van der Waals surface area contributed by atoms with Crippen molar-refractivity contribution in [1.82, 2.24) is 0 Å². The summed E-state index contributed by atoms with van der Waals surface area (Å²) in [5.74, 6) is 1.86. The predicted molar refractivity (Wildman–Crippen MR) is 137 cm³/mol. The number of halogens is 3. The zero-order valence-corrected chi connectivity index (χ0v) is 22.5. The summed E-state index contributed by atoms with van der Waals surface area (Å²) in [5, 5.41) is 17.1. The third kappa shape index (κ3) is 4.84. The van der Waals surface area contributed by atoms with Gasteiger partial charge in [-0.1, -0.05) is 13.8 Å². The highest BCUT2D eigenvalue weighted by Crippen LogP contribution is 2.68. The fraction of sp³-hybridized carbons (Fsp3) is 0.759. The van der Waals surface area contributed by atoms with E-state index < -0.39 is 17.7 Å². The highest BCUT2D eigenvalue weighted by Gasteiger charge is 2.61. The van der Waals surface area contributed by atoms with Gasteiger partial charge in [0.1, 0.15) is 11.4 Å². The number of benzene rings is 1. The molecule has 0 amide bonds. The molecule has 0 unspecified atom stereocenters. The first-order chi connectivity index (χ1) is 17.8. The fourth-order valence-corrected chi connectivity index (χ4v) is 9.22. The molecule has 1 aromatic carbocycles. The summed E-state index contributed by atoms with van der Waals surface area (Å²) in [6.07, 6.45) is 4.31. The van der Waals surface area contributed by atoms with Crippen LogP contribution in [-0.4, -0.2) is 29.4 Å². The van der Waals surface area contributed by atoms with Gasteiger partial charge < -0.3 is 15.2 Å². The number of nitrogens with zero attached hydrogens (tertiary/aromatic N) is 1. The second-order valence-corrected chi connectivity index (χ2v) is 13.2. The fourth-order valence-electron chi connectivity index (χ4n) is 9.22. The van der Waals surface area contributed by atoms with Gasteiger partial charge in [-0.2, -0.15) is 5.11 Å². The number of hydrogen-bond donors (Lipinski definition) is 3. The Morgan fingerprint density at radius 1 is 1.08 bits per heavy atom. The molecule has 4 saturated carbocycles. The first-order valence-corrected chi connectivity index (χ1v) is 14.0. The van der Waals surface area contributed by atoms with Crippen molar-refractivity contribution >= 4 is 17.2 Å². The maximum Gasteiger partial charge on any atom is 0.573 e. The number of Topliss-reactive ketones (excluding diaryl/α,β-unsaturated/α-hetero) is 1. The minimum atomic E-state index is -4.83. The molecule has 0 spiro atoms. The standard InChI is InChI=1S/C29H40F3N3O3/c1-26(37)12-13-27(2)17(15-26)4-6-19-20-7-8-22(28(20,3)11-10-21(19)27)25(36)16-34-24-14-18(38-29(30,31)32)5-9-23(24)35-33/h5,9,14,17,19-22,33-34,37H,4,6-8,10-13,15-16H2,1-3H3/t17-,19+,20+,21+,22-,26-,27+,28+/m1/s1. The van der Waals surface area contributed by atoms with Crippen LogP contribution in [0.3, 0.4) is 0 Å². The minimum absolute atomic E-state index is 0.0199. The molecule has 0 radical (unpaired) electrons. The summed E-state index contributed by atoms with van der Waals surface area (Å²) in [7, 11) is 0. The average molecular weight is 536 g/mol. The van der Waals surface area contributed by atoms with Crippen LogP contribution in [0.2, 0.25) is 0 Å². The highest BCUT2D eigenvalue weighted by atomic mass is 19.4. The van der Waals surface area contributed by atoms with E-state index in [1.54, 1.807) is 0 Å². The number of nitrogens with one attached hydrogen (secondary N) is 2. The molecule has 210 valence electrons. The average Bonchev–Trinajstić information content (AvgIpc) is 3.19. The summed E-state index contributed by atoms with van der Waals surface area (Å²) in [4.78, 5) is 13.5. The summed E-state index contributed by atoms with van der Waals surface area (Å²) in [6, 6.07) is 3.52. The van der Waals surface area contributed by atoms with Crippen molar-refractivity contribution in [3.05, 3.63) is 18.2 Å².